The Kier molecular flexibility index (Phi) is 2.14. The first-order chi connectivity index (χ1) is 6.83. The van der Waals surface area contributed by atoms with Crippen LogP contribution in [0.15, 0.2) is 35.5 Å². The Morgan fingerprint density at radius 3 is 2.79 bits per heavy atom. The highest BCUT2D eigenvalue weighted by Gasteiger charge is 2.18. The number of ketones is 1. The minimum atomic E-state index is -0.120. The topological polar surface area (TPSA) is 38.7 Å². The smallest absolute Gasteiger partial charge is 0.208 e. The van der Waals surface area contributed by atoms with Crippen LogP contribution >= 0.6 is 0 Å². The van der Waals surface area contributed by atoms with E-state index in [1.54, 1.807) is 6.08 Å². The van der Waals surface area contributed by atoms with E-state index in [1.807, 2.05) is 24.3 Å². The van der Waals surface area contributed by atoms with Crippen LogP contribution in [0.4, 0.5) is 0 Å². The van der Waals surface area contributed by atoms with Crippen LogP contribution < -0.4 is 0 Å². The Hall–Kier alpha value is -1.90. The standard InChI is InChI=1S/C11H9NO2/c1-14-12-11-9-5-3-2-4-8(9)6-7-10(11)13/h2-7H,1H3. The van der Waals surface area contributed by atoms with Gasteiger partial charge in [0.2, 0.25) is 5.78 Å². The van der Waals surface area contributed by atoms with Gasteiger partial charge in [0.15, 0.2) is 5.71 Å². The lowest BCUT2D eigenvalue weighted by atomic mass is 9.95. The fourth-order valence-corrected chi connectivity index (χ4v) is 1.42. The number of hydrogen-bond donors (Lipinski definition) is 0. The van der Waals surface area contributed by atoms with E-state index in [0.717, 1.165) is 11.1 Å². The van der Waals surface area contributed by atoms with Crippen LogP contribution in [0.2, 0.25) is 0 Å². The van der Waals surface area contributed by atoms with E-state index in [2.05, 4.69) is 9.99 Å². The lowest BCUT2D eigenvalue weighted by Crippen LogP contribution is -2.17. The summed E-state index contributed by atoms with van der Waals surface area (Å²) in [7, 11) is 1.43. The molecule has 0 amide bonds. The highest BCUT2D eigenvalue weighted by Crippen LogP contribution is 2.17. The SMILES string of the molecule is CON=C1C(=O)C=Cc2ccccc21. The number of carbonyl (C=O) groups excluding carboxylic acids is 1. The van der Waals surface area contributed by atoms with Crippen molar-refractivity contribution >= 4 is 17.6 Å². The van der Waals surface area contributed by atoms with Crippen LogP contribution in [0.3, 0.4) is 0 Å². The monoisotopic (exact) mass is 187 g/mol. The Morgan fingerprint density at radius 2 is 2.00 bits per heavy atom. The first-order valence-corrected chi connectivity index (χ1v) is 4.26. The second-order valence-electron chi connectivity index (χ2n) is 2.91. The van der Waals surface area contributed by atoms with Crippen molar-refractivity contribution < 1.29 is 9.63 Å². The summed E-state index contributed by atoms with van der Waals surface area (Å²) < 4.78 is 0. The molecule has 0 bridgehead atoms. The zero-order chi connectivity index (χ0) is 9.97. The van der Waals surface area contributed by atoms with E-state index in [9.17, 15) is 4.79 Å². The first-order valence-electron chi connectivity index (χ1n) is 4.26. The molecule has 0 aromatic heterocycles. The van der Waals surface area contributed by atoms with Crippen molar-refractivity contribution in [2.45, 2.75) is 0 Å². The largest absolute Gasteiger partial charge is 0.399 e. The van der Waals surface area contributed by atoms with Gasteiger partial charge in [-0.15, -0.1) is 0 Å². The van der Waals surface area contributed by atoms with Crippen molar-refractivity contribution in [1.82, 2.24) is 0 Å². The van der Waals surface area contributed by atoms with Crippen LogP contribution in [0.1, 0.15) is 11.1 Å². The van der Waals surface area contributed by atoms with Gasteiger partial charge in [-0.1, -0.05) is 35.5 Å². The van der Waals surface area contributed by atoms with Crippen LogP contribution in [0.5, 0.6) is 0 Å². The number of benzene rings is 1. The van der Waals surface area contributed by atoms with Crippen molar-refractivity contribution in [3.05, 3.63) is 41.5 Å². The van der Waals surface area contributed by atoms with Gasteiger partial charge in [-0.05, 0) is 11.6 Å². The van der Waals surface area contributed by atoms with Gasteiger partial charge in [0.25, 0.3) is 0 Å². The van der Waals surface area contributed by atoms with Crippen molar-refractivity contribution in [2.24, 2.45) is 5.16 Å². The van der Waals surface area contributed by atoms with E-state index >= 15 is 0 Å². The lowest BCUT2D eigenvalue weighted by molar-refractivity contribution is -0.109. The predicted molar refractivity (Wildman–Crippen MR) is 54.0 cm³/mol. The Balaban J connectivity index is 2.59. The number of nitrogens with zero attached hydrogens (tertiary/aromatic N) is 1. The lowest BCUT2D eigenvalue weighted by Gasteiger charge is -2.10. The minimum absolute atomic E-state index is 0.120. The van der Waals surface area contributed by atoms with E-state index in [4.69, 9.17) is 0 Å². The molecule has 1 aliphatic carbocycles. The van der Waals surface area contributed by atoms with E-state index in [-0.39, 0.29) is 5.78 Å². The van der Waals surface area contributed by atoms with Crippen molar-refractivity contribution in [1.29, 1.82) is 0 Å². The molecule has 0 heterocycles. The average molecular weight is 187 g/mol. The maximum absolute atomic E-state index is 11.4. The summed E-state index contributed by atoms with van der Waals surface area (Å²) in [6.07, 6.45) is 3.28. The molecule has 3 heteroatoms. The summed E-state index contributed by atoms with van der Waals surface area (Å²) in [6.45, 7) is 0. The second kappa shape index (κ2) is 3.46. The highest BCUT2D eigenvalue weighted by atomic mass is 16.6. The molecule has 3 nitrogen and oxygen atoms in total. The maximum Gasteiger partial charge on any atom is 0.208 e. The third kappa shape index (κ3) is 1.33. The number of allylic oxidation sites excluding steroid dienone is 1. The molecule has 1 aromatic carbocycles. The molecular formula is C11H9NO2. The van der Waals surface area contributed by atoms with E-state index in [0.29, 0.717) is 5.71 Å². The molecular weight excluding hydrogens is 178 g/mol. The quantitative estimate of drug-likeness (QED) is 0.627. The molecule has 1 aromatic rings. The zero-order valence-electron chi connectivity index (χ0n) is 7.73. The van der Waals surface area contributed by atoms with Crippen LogP contribution in [-0.2, 0) is 9.63 Å². The van der Waals surface area contributed by atoms with Crippen molar-refractivity contribution in [3.8, 4) is 0 Å². The Morgan fingerprint density at radius 1 is 1.21 bits per heavy atom. The summed E-state index contributed by atoms with van der Waals surface area (Å²) in [6, 6.07) is 7.58. The summed E-state index contributed by atoms with van der Waals surface area (Å²) in [5, 5.41) is 3.72. The molecule has 0 saturated heterocycles. The van der Waals surface area contributed by atoms with Gasteiger partial charge in [0.1, 0.15) is 7.11 Å². The minimum Gasteiger partial charge on any atom is -0.399 e. The van der Waals surface area contributed by atoms with E-state index < -0.39 is 0 Å². The third-order valence-electron chi connectivity index (χ3n) is 2.05. The summed E-state index contributed by atoms with van der Waals surface area (Å²) >= 11 is 0. The number of fused-ring (bicyclic) bond motifs is 1. The van der Waals surface area contributed by atoms with Crippen LogP contribution in [0, 0.1) is 0 Å². The van der Waals surface area contributed by atoms with Crippen LogP contribution in [-0.4, -0.2) is 18.6 Å². The molecule has 1 aliphatic rings. The maximum atomic E-state index is 11.4. The van der Waals surface area contributed by atoms with Crippen molar-refractivity contribution in [3.63, 3.8) is 0 Å². The molecule has 14 heavy (non-hydrogen) atoms. The molecule has 0 N–H and O–H groups in total. The average Bonchev–Trinajstić information content (AvgIpc) is 2.23. The van der Waals surface area contributed by atoms with Gasteiger partial charge in [0, 0.05) is 5.56 Å². The molecule has 0 spiro atoms. The molecule has 2 rings (SSSR count). The van der Waals surface area contributed by atoms with Gasteiger partial charge >= 0.3 is 0 Å². The van der Waals surface area contributed by atoms with Gasteiger partial charge in [-0.2, -0.15) is 0 Å². The fraction of sp³-hybridized carbons (Fsp3) is 0.0909. The summed E-state index contributed by atoms with van der Waals surface area (Å²) in [5.41, 5.74) is 2.18. The fourth-order valence-electron chi connectivity index (χ4n) is 1.42. The number of oxime groups is 1. The van der Waals surface area contributed by atoms with Gasteiger partial charge in [-0.3, -0.25) is 4.79 Å². The number of carbonyl (C=O) groups is 1. The second-order valence-corrected chi connectivity index (χ2v) is 2.91. The first kappa shape index (κ1) is 8.69. The third-order valence-corrected chi connectivity index (χ3v) is 2.05. The van der Waals surface area contributed by atoms with E-state index in [1.165, 1.54) is 13.2 Å². The molecule has 0 aliphatic heterocycles. The predicted octanol–water partition coefficient (Wildman–Crippen LogP) is 1.63. The van der Waals surface area contributed by atoms with Gasteiger partial charge in [0.05, 0.1) is 0 Å². The van der Waals surface area contributed by atoms with Gasteiger partial charge in [-0.25, -0.2) is 0 Å². The van der Waals surface area contributed by atoms with Crippen LogP contribution in [0.25, 0.3) is 6.08 Å². The molecule has 0 fully saturated rings. The summed E-state index contributed by atoms with van der Waals surface area (Å²) in [4.78, 5) is 16.1. The zero-order valence-corrected chi connectivity index (χ0v) is 7.73. The highest BCUT2D eigenvalue weighted by molar-refractivity contribution is 6.52. The molecule has 70 valence electrons. The Bertz CT molecular complexity index is 433. The molecule has 0 unspecified atom stereocenters. The summed E-state index contributed by atoms with van der Waals surface area (Å²) in [5.74, 6) is -0.120. The number of hydrogen-bond acceptors (Lipinski definition) is 3. The normalized spacial score (nSPS) is 16.9. The number of rotatable bonds is 1. The van der Waals surface area contributed by atoms with Crippen molar-refractivity contribution in [2.75, 3.05) is 7.11 Å². The Labute approximate surface area is 81.7 Å². The molecule has 0 atom stereocenters. The van der Waals surface area contributed by atoms with Gasteiger partial charge < -0.3 is 4.84 Å². The molecule has 0 radical (unpaired) electrons. The molecule has 0 saturated carbocycles.